The van der Waals surface area contributed by atoms with Crippen molar-refractivity contribution < 1.29 is 100 Å². The zero-order valence-corrected chi connectivity index (χ0v) is 34.7. The molecule has 0 aliphatic carbocycles. The number of carboxylic acids is 1. The van der Waals surface area contributed by atoms with E-state index in [1.807, 2.05) is 0 Å². The number of carbonyl (C=O) groups excluding carboxylic acids is 3. The van der Waals surface area contributed by atoms with Crippen LogP contribution in [-0.4, -0.2) is 147 Å². The standard InChI is InChI=1S/C21H36N7O16P3S.C6H10O5/c1-21(2,16(31)19(32)24-4-3-12(29)23-5-6-48)8-41-47(38,39)44-46(36,37)40-7-11-15(43-45(33,34)35)14(30)20(42-11)28-10-27-13-17(22)25-9-26-18(13)28;7-4-11-6(10)3-1-2-5(8)9/h9-11,14-16,20,30-31,48H,3-8H2,1-2H3,(H,23,29)(H,24,32)(H,36,37)(H,38,39)(H2,22,25,26)(H2,33,34,35);7H,1-4H2,(H,8,9)/t11-,14-,15-,16+,20-;/m1./s1. The molecule has 2 aromatic rings. The largest absolute Gasteiger partial charge is 0.481 e. The highest BCUT2D eigenvalue weighted by Gasteiger charge is 2.50. The highest BCUT2D eigenvalue weighted by Crippen LogP contribution is 2.61. The van der Waals surface area contributed by atoms with Crippen molar-refractivity contribution in [3.05, 3.63) is 12.7 Å². The summed E-state index contributed by atoms with van der Waals surface area (Å²) in [5.41, 5.74) is 4.30. The molecule has 59 heavy (non-hydrogen) atoms. The summed E-state index contributed by atoms with van der Waals surface area (Å²) in [6, 6.07) is 0. The number of amides is 2. The summed E-state index contributed by atoms with van der Waals surface area (Å²) >= 11 is 3.95. The Kier molecular flexibility index (Phi) is 20.4. The summed E-state index contributed by atoms with van der Waals surface area (Å²) < 4.78 is 65.8. The molecule has 1 fully saturated rings. The van der Waals surface area contributed by atoms with E-state index in [-0.39, 0.29) is 55.1 Å². The van der Waals surface area contributed by atoms with E-state index in [1.165, 1.54) is 13.8 Å². The average molecular weight is 930 g/mol. The van der Waals surface area contributed by atoms with E-state index in [9.17, 15) is 62.7 Å². The number of esters is 1. The molecule has 1 aliphatic heterocycles. The van der Waals surface area contributed by atoms with Gasteiger partial charge in [0, 0.05) is 43.5 Å². The molecule has 3 rings (SSSR count). The summed E-state index contributed by atoms with van der Waals surface area (Å²) in [6.45, 7) is 0.0765. The Labute approximate surface area is 339 Å². The van der Waals surface area contributed by atoms with Crippen LogP contribution < -0.4 is 16.4 Å². The van der Waals surface area contributed by atoms with Crippen molar-refractivity contribution in [3.8, 4) is 0 Å². The number of hydrogen-bond acceptors (Lipinski definition) is 21. The summed E-state index contributed by atoms with van der Waals surface area (Å²) in [5, 5.41) is 42.3. The number of phosphoric ester groups is 3. The topological polar surface area (TPSA) is 430 Å². The molecule has 0 aromatic carbocycles. The minimum Gasteiger partial charge on any atom is -0.481 e. The number of thiol groups is 1. The van der Waals surface area contributed by atoms with Gasteiger partial charge in [-0.2, -0.15) is 16.9 Å². The number of hydrogen-bond donors (Lipinski definition) is 12. The summed E-state index contributed by atoms with van der Waals surface area (Å²) in [6.07, 6.45) is -6.52. The van der Waals surface area contributed by atoms with Crippen molar-refractivity contribution in [2.75, 3.05) is 44.6 Å². The zero-order valence-electron chi connectivity index (χ0n) is 31.2. The number of aromatic nitrogens is 4. The molecule has 0 bridgehead atoms. The second-order valence-corrected chi connectivity index (χ2v) is 17.4. The molecule has 0 radical (unpaired) electrons. The third-order valence-corrected chi connectivity index (χ3v) is 10.8. The number of ether oxygens (including phenoxy) is 2. The van der Waals surface area contributed by atoms with Crippen LogP contribution in [0.1, 0.15) is 45.8 Å². The number of nitrogen functional groups attached to an aromatic ring is 1. The Hall–Kier alpha value is -3.21. The molecule has 1 saturated heterocycles. The fraction of sp³-hybridized carbons (Fsp3) is 0.667. The fourth-order valence-electron chi connectivity index (χ4n) is 4.66. The monoisotopic (exact) mass is 929 g/mol. The van der Waals surface area contributed by atoms with Gasteiger partial charge in [-0.05, 0) is 6.42 Å². The van der Waals surface area contributed by atoms with Gasteiger partial charge in [-0.15, -0.1) is 0 Å². The first-order chi connectivity index (χ1) is 27.3. The van der Waals surface area contributed by atoms with E-state index in [0.29, 0.717) is 12.3 Å². The van der Waals surface area contributed by atoms with Gasteiger partial charge in [0.2, 0.25) is 11.8 Å². The van der Waals surface area contributed by atoms with E-state index in [4.69, 9.17) is 29.7 Å². The Morgan fingerprint density at radius 2 is 1.68 bits per heavy atom. The molecule has 7 atom stereocenters. The second kappa shape index (κ2) is 23.1. The van der Waals surface area contributed by atoms with Crippen LogP contribution in [0.25, 0.3) is 11.2 Å². The maximum absolute atomic E-state index is 12.6. The highest BCUT2D eigenvalue weighted by molar-refractivity contribution is 7.80. The van der Waals surface area contributed by atoms with Gasteiger partial charge in [0.05, 0.1) is 19.5 Å². The minimum atomic E-state index is -5.54. The number of aliphatic hydroxyl groups is 3. The first-order valence-electron chi connectivity index (χ1n) is 16.8. The quantitative estimate of drug-likeness (QED) is 0.0250. The number of aliphatic hydroxyl groups excluding tert-OH is 3. The number of fused-ring (bicyclic) bond motifs is 1. The van der Waals surface area contributed by atoms with Crippen LogP contribution in [0.2, 0.25) is 0 Å². The predicted octanol–water partition coefficient (Wildman–Crippen LogP) is -1.93. The van der Waals surface area contributed by atoms with Crippen LogP contribution in [0.4, 0.5) is 5.82 Å². The molecular formula is C27H46N7O21P3S. The number of nitrogens with two attached hydrogens (primary N) is 1. The van der Waals surface area contributed by atoms with Crippen molar-refractivity contribution in [1.29, 1.82) is 0 Å². The lowest BCUT2D eigenvalue weighted by Crippen LogP contribution is -2.46. The number of phosphoric acid groups is 3. The van der Waals surface area contributed by atoms with Gasteiger partial charge in [-0.1, -0.05) is 13.8 Å². The fourth-order valence-corrected chi connectivity index (χ4v) is 7.60. The van der Waals surface area contributed by atoms with Crippen molar-refractivity contribution >= 4 is 76.8 Å². The molecule has 32 heteroatoms. The molecule has 1 aliphatic rings. The molecule has 336 valence electrons. The van der Waals surface area contributed by atoms with Gasteiger partial charge in [-0.3, -0.25) is 37.3 Å². The van der Waals surface area contributed by atoms with Crippen LogP contribution in [-0.2, 0) is 60.2 Å². The minimum absolute atomic E-state index is 0.0346. The third-order valence-electron chi connectivity index (χ3n) is 7.51. The van der Waals surface area contributed by atoms with Gasteiger partial charge in [0.15, 0.2) is 24.5 Å². The summed E-state index contributed by atoms with van der Waals surface area (Å²) in [4.78, 5) is 95.0. The van der Waals surface area contributed by atoms with Crippen LogP contribution in [0, 0.1) is 5.41 Å². The zero-order chi connectivity index (χ0) is 44.8. The number of carbonyl (C=O) groups is 4. The molecule has 28 nitrogen and oxygen atoms in total. The molecule has 2 unspecified atom stereocenters. The van der Waals surface area contributed by atoms with E-state index in [1.54, 1.807) is 0 Å². The highest BCUT2D eigenvalue weighted by atomic mass is 32.1. The van der Waals surface area contributed by atoms with Crippen LogP contribution >= 0.6 is 36.1 Å². The maximum Gasteiger partial charge on any atom is 0.481 e. The molecular weight excluding hydrogens is 883 g/mol. The predicted molar refractivity (Wildman–Crippen MR) is 198 cm³/mol. The molecule has 2 amide bonds. The first-order valence-corrected chi connectivity index (χ1v) is 22.0. The van der Waals surface area contributed by atoms with Crippen molar-refractivity contribution in [1.82, 2.24) is 30.2 Å². The molecule has 0 spiro atoms. The lowest BCUT2D eigenvalue weighted by Gasteiger charge is -2.30. The van der Waals surface area contributed by atoms with Gasteiger partial charge in [0.25, 0.3) is 0 Å². The number of nitrogens with zero attached hydrogens (tertiary/aromatic N) is 4. The average Bonchev–Trinajstić information content (AvgIpc) is 3.69. The molecule has 3 heterocycles. The van der Waals surface area contributed by atoms with Crippen molar-refractivity contribution in [2.24, 2.45) is 5.41 Å². The first kappa shape index (κ1) is 51.9. The Morgan fingerprint density at radius 1 is 1.02 bits per heavy atom. The van der Waals surface area contributed by atoms with Gasteiger partial charge in [0.1, 0.15) is 36.3 Å². The SMILES string of the molecule is CC(C)(COP(=O)(O)OP(=O)(O)OC[C@H]1O[C@@H](n2cnc3c(N)ncnc32)[C@H](O)[C@@H]1OP(=O)(O)O)[C@@H](O)C(=O)NCCC(=O)NCCS.O=C(O)CCCC(=O)OCO. The van der Waals surface area contributed by atoms with Crippen molar-refractivity contribution in [2.45, 2.75) is 70.2 Å². The van der Waals surface area contributed by atoms with Crippen molar-refractivity contribution in [3.63, 3.8) is 0 Å². The number of anilines is 1. The normalized spacial score (nSPS) is 20.7. The Balaban J connectivity index is 0.000000951. The van der Waals surface area contributed by atoms with E-state index in [2.05, 4.69) is 51.8 Å². The van der Waals surface area contributed by atoms with Crippen LogP contribution in [0.5, 0.6) is 0 Å². The number of rotatable bonds is 23. The van der Waals surface area contributed by atoms with Gasteiger partial charge in [-0.25, -0.2) is 28.6 Å². The number of imidazole rings is 1. The number of nitrogens with one attached hydrogen (secondary N) is 2. The van der Waals surface area contributed by atoms with E-state index in [0.717, 1.165) is 17.2 Å². The van der Waals surface area contributed by atoms with Crippen LogP contribution in [0.15, 0.2) is 12.7 Å². The Morgan fingerprint density at radius 3 is 2.29 bits per heavy atom. The lowest BCUT2D eigenvalue weighted by atomic mass is 9.87. The molecule has 12 N–H and O–H groups in total. The second-order valence-electron chi connectivity index (χ2n) is 12.7. The third kappa shape index (κ3) is 17.7. The lowest BCUT2D eigenvalue weighted by molar-refractivity contribution is -0.152. The number of aliphatic carboxylic acids is 1. The maximum atomic E-state index is 12.6. The smallest absolute Gasteiger partial charge is 0.481 e. The molecule has 2 aromatic heterocycles. The van der Waals surface area contributed by atoms with Gasteiger partial charge >= 0.3 is 35.4 Å². The number of carboxylic acid groups (broad SMARTS) is 1. The Bertz CT molecular complexity index is 1890. The van der Waals surface area contributed by atoms with E-state index < -0.39 is 97.4 Å². The molecule has 0 saturated carbocycles. The van der Waals surface area contributed by atoms with E-state index >= 15 is 0 Å². The van der Waals surface area contributed by atoms with Crippen LogP contribution in [0.3, 0.4) is 0 Å². The van der Waals surface area contributed by atoms with Gasteiger partial charge < -0.3 is 65.8 Å². The summed E-state index contributed by atoms with van der Waals surface area (Å²) in [5.74, 6) is -2.46. The summed E-state index contributed by atoms with van der Waals surface area (Å²) in [7, 11) is -16.3.